The minimum absolute atomic E-state index is 0.0927. The molecule has 1 amide bonds. The summed E-state index contributed by atoms with van der Waals surface area (Å²) in [4.78, 5) is 18.9. The molecule has 1 aromatic rings. The second-order valence-electron chi connectivity index (χ2n) is 3.73. The van der Waals surface area contributed by atoms with Crippen molar-refractivity contribution in [2.45, 2.75) is 24.8 Å². The summed E-state index contributed by atoms with van der Waals surface area (Å²) in [6.07, 6.45) is 2.37. The zero-order valence-corrected chi connectivity index (χ0v) is 11.8. The van der Waals surface area contributed by atoms with Gasteiger partial charge >= 0.3 is 0 Å². The highest BCUT2D eigenvalue weighted by molar-refractivity contribution is 7.89. The van der Waals surface area contributed by atoms with Crippen molar-refractivity contribution in [3.63, 3.8) is 0 Å². The summed E-state index contributed by atoms with van der Waals surface area (Å²) in [7, 11) is -2.38. The maximum atomic E-state index is 11.9. The number of anilines is 1. The maximum Gasteiger partial charge on any atom is 0.244 e. The van der Waals surface area contributed by atoms with Crippen LogP contribution < -0.4 is 15.4 Å². The van der Waals surface area contributed by atoms with E-state index in [4.69, 9.17) is 0 Å². The van der Waals surface area contributed by atoms with Gasteiger partial charge in [-0.1, -0.05) is 0 Å². The Balaban J connectivity index is 2.85. The van der Waals surface area contributed by atoms with E-state index in [0.717, 1.165) is 0 Å². The van der Waals surface area contributed by atoms with Crippen LogP contribution in [-0.4, -0.2) is 43.9 Å². The Morgan fingerprint density at radius 1 is 1.37 bits per heavy atom. The SMILES string of the molecule is CCNc1ncc(S(=O)(=O)NC(C)C(=O)NC)cn1. The lowest BCUT2D eigenvalue weighted by Gasteiger charge is -2.12. The van der Waals surface area contributed by atoms with Crippen molar-refractivity contribution in [1.82, 2.24) is 20.0 Å². The van der Waals surface area contributed by atoms with E-state index >= 15 is 0 Å². The summed E-state index contributed by atoms with van der Waals surface area (Å²) >= 11 is 0. The first-order valence-electron chi connectivity index (χ1n) is 5.70. The van der Waals surface area contributed by atoms with Crippen LogP contribution in [0.5, 0.6) is 0 Å². The highest BCUT2D eigenvalue weighted by Gasteiger charge is 2.21. The summed E-state index contributed by atoms with van der Waals surface area (Å²) in [5.74, 6) is -0.0745. The van der Waals surface area contributed by atoms with Gasteiger partial charge in [0, 0.05) is 13.6 Å². The normalized spacial score (nSPS) is 12.8. The minimum Gasteiger partial charge on any atom is -0.358 e. The predicted molar refractivity (Wildman–Crippen MR) is 70.0 cm³/mol. The summed E-state index contributed by atoms with van der Waals surface area (Å²) in [6, 6.07) is -0.872. The third-order valence-corrected chi connectivity index (χ3v) is 3.74. The van der Waals surface area contributed by atoms with E-state index in [-0.39, 0.29) is 4.90 Å². The monoisotopic (exact) mass is 287 g/mol. The average molecular weight is 287 g/mol. The molecule has 0 spiro atoms. The van der Waals surface area contributed by atoms with Crippen LogP contribution in [0.1, 0.15) is 13.8 Å². The molecule has 3 N–H and O–H groups in total. The van der Waals surface area contributed by atoms with Gasteiger partial charge in [0.1, 0.15) is 4.90 Å². The molecule has 0 bridgehead atoms. The van der Waals surface area contributed by atoms with Crippen LogP contribution in [0.25, 0.3) is 0 Å². The number of sulfonamides is 1. The predicted octanol–water partition coefficient (Wildman–Crippen LogP) is -0.679. The first-order chi connectivity index (χ1) is 8.90. The smallest absolute Gasteiger partial charge is 0.244 e. The Kier molecular flexibility index (Phi) is 5.19. The standard InChI is InChI=1S/C10H17N5O3S/c1-4-12-10-13-5-8(6-14-10)19(17,18)15-7(2)9(16)11-3/h5-7,15H,4H2,1-3H3,(H,11,16)(H,12,13,14). The van der Waals surface area contributed by atoms with E-state index in [1.54, 1.807) is 0 Å². The summed E-state index contributed by atoms with van der Waals surface area (Å²) < 4.78 is 26.1. The van der Waals surface area contributed by atoms with Gasteiger partial charge in [0.05, 0.1) is 18.4 Å². The Morgan fingerprint density at radius 2 is 1.95 bits per heavy atom. The number of hydrogen-bond acceptors (Lipinski definition) is 6. The van der Waals surface area contributed by atoms with Gasteiger partial charge in [-0.05, 0) is 13.8 Å². The molecule has 8 nitrogen and oxygen atoms in total. The van der Waals surface area contributed by atoms with Gasteiger partial charge in [-0.15, -0.1) is 0 Å². The maximum absolute atomic E-state index is 11.9. The first kappa shape index (κ1) is 15.3. The van der Waals surface area contributed by atoms with Crippen molar-refractivity contribution in [2.75, 3.05) is 18.9 Å². The molecule has 0 fully saturated rings. The lowest BCUT2D eigenvalue weighted by atomic mass is 10.3. The van der Waals surface area contributed by atoms with Crippen molar-refractivity contribution in [1.29, 1.82) is 0 Å². The molecule has 1 atom stereocenters. The summed E-state index contributed by atoms with van der Waals surface area (Å²) in [5, 5.41) is 5.21. The second kappa shape index (κ2) is 6.43. The molecule has 0 saturated carbocycles. The fraction of sp³-hybridized carbons (Fsp3) is 0.500. The average Bonchev–Trinajstić information content (AvgIpc) is 2.38. The zero-order valence-electron chi connectivity index (χ0n) is 11.0. The number of hydrogen-bond donors (Lipinski definition) is 3. The molecule has 0 aliphatic carbocycles. The van der Waals surface area contributed by atoms with Gasteiger partial charge in [-0.25, -0.2) is 18.4 Å². The van der Waals surface area contributed by atoms with Crippen LogP contribution in [0, 0.1) is 0 Å². The van der Waals surface area contributed by atoms with Gasteiger partial charge in [0.25, 0.3) is 0 Å². The van der Waals surface area contributed by atoms with Crippen LogP contribution >= 0.6 is 0 Å². The van der Waals surface area contributed by atoms with Gasteiger partial charge in [-0.3, -0.25) is 4.79 Å². The van der Waals surface area contributed by atoms with Crippen LogP contribution in [0.4, 0.5) is 5.95 Å². The number of rotatable bonds is 6. The molecule has 0 aliphatic rings. The fourth-order valence-electron chi connectivity index (χ4n) is 1.28. The van der Waals surface area contributed by atoms with Crippen LogP contribution in [0.15, 0.2) is 17.3 Å². The highest BCUT2D eigenvalue weighted by Crippen LogP contribution is 2.08. The van der Waals surface area contributed by atoms with Crippen molar-refractivity contribution in [2.24, 2.45) is 0 Å². The Morgan fingerprint density at radius 3 is 2.42 bits per heavy atom. The molecular weight excluding hydrogens is 270 g/mol. The molecule has 0 aromatic carbocycles. The third kappa shape index (κ3) is 4.14. The van der Waals surface area contributed by atoms with Crippen LogP contribution in [-0.2, 0) is 14.8 Å². The Labute approximate surface area is 112 Å². The van der Waals surface area contributed by atoms with E-state index in [0.29, 0.717) is 12.5 Å². The van der Waals surface area contributed by atoms with E-state index in [2.05, 4.69) is 25.3 Å². The number of nitrogens with zero attached hydrogens (tertiary/aromatic N) is 2. The van der Waals surface area contributed by atoms with E-state index < -0.39 is 22.0 Å². The number of carbonyl (C=O) groups excluding carboxylic acids is 1. The highest BCUT2D eigenvalue weighted by atomic mass is 32.2. The van der Waals surface area contributed by atoms with Crippen molar-refractivity contribution < 1.29 is 13.2 Å². The topological polar surface area (TPSA) is 113 Å². The third-order valence-electron chi connectivity index (χ3n) is 2.24. The first-order valence-corrected chi connectivity index (χ1v) is 7.19. The molecule has 1 unspecified atom stereocenters. The lowest BCUT2D eigenvalue weighted by molar-refractivity contribution is -0.121. The van der Waals surface area contributed by atoms with Crippen molar-refractivity contribution in [3.05, 3.63) is 12.4 Å². The van der Waals surface area contributed by atoms with Gasteiger partial charge in [-0.2, -0.15) is 4.72 Å². The van der Waals surface area contributed by atoms with Crippen molar-refractivity contribution >= 4 is 21.9 Å². The van der Waals surface area contributed by atoms with Gasteiger partial charge < -0.3 is 10.6 Å². The minimum atomic E-state index is -3.81. The molecule has 0 saturated heterocycles. The van der Waals surface area contributed by atoms with E-state index in [9.17, 15) is 13.2 Å². The van der Waals surface area contributed by atoms with Crippen LogP contribution in [0.2, 0.25) is 0 Å². The molecule has 1 aromatic heterocycles. The van der Waals surface area contributed by atoms with Gasteiger partial charge in [0.15, 0.2) is 0 Å². The van der Waals surface area contributed by atoms with Crippen molar-refractivity contribution in [3.8, 4) is 0 Å². The molecule has 106 valence electrons. The van der Waals surface area contributed by atoms with Gasteiger partial charge in [0.2, 0.25) is 21.9 Å². The number of aromatic nitrogens is 2. The number of amides is 1. The zero-order chi connectivity index (χ0) is 14.5. The number of likely N-dealkylation sites (N-methyl/N-ethyl adjacent to an activating group) is 1. The fourth-order valence-corrected chi connectivity index (χ4v) is 2.37. The van der Waals surface area contributed by atoms with Crippen LogP contribution in [0.3, 0.4) is 0 Å². The Hall–Kier alpha value is -1.74. The lowest BCUT2D eigenvalue weighted by Crippen LogP contribution is -2.43. The summed E-state index contributed by atoms with van der Waals surface area (Å²) in [6.45, 7) is 3.96. The number of carbonyl (C=O) groups is 1. The number of nitrogens with one attached hydrogen (secondary N) is 3. The molecule has 0 radical (unpaired) electrons. The molecule has 1 rings (SSSR count). The van der Waals surface area contributed by atoms with E-state index in [1.165, 1.54) is 26.4 Å². The molecular formula is C10H17N5O3S. The second-order valence-corrected chi connectivity index (χ2v) is 5.44. The Bertz CT molecular complexity index is 529. The summed E-state index contributed by atoms with van der Waals surface area (Å²) in [5.41, 5.74) is 0. The molecule has 1 heterocycles. The molecule has 9 heteroatoms. The van der Waals surface area contributed by atoms with E-state index in [1.807, 2.05) is 6.92 Å². The largest absolute Gasteiger partial charge is 0.358 e. The quantitative estimate of drug-likeness (QED) is 0.639. The molecule has 19 heavy (non-hydrogen) atoms. The molecule has 0 aliphatic heterocycles.